The summed E-state index contributed by atoms with van der Waals surface area (Å²) in [5.41, 5.74) is 3.27. The van der Waals surface area contributed by atoms with Crippen molar-refractivity contribution in [3.63, 3.8) is 0 Å². The average Bonchev–Trinajstić information content (AvgIpc) is 3.10. The number of ether oxygens (including phenoxy) is 1. The number of hydrogen-bond donors (Lipinski definition) is 0. The molecule has 0 amide bonds. The van der Waals surface area contributed by atoms with Gasteiger partial charge in [-0.2, -0.15) is 0 Å². The Labute approximate surface area is 145 Å². The fourth-order valence-electron chi connectivity index (χ4n) is 3.18. The van der Waals surface area contributed by atoms with Crippen molar-refractivity contribution in [2.24, 2.45) is 5.92 Å². The maximum absolute atomic E-state index is 5.87. The van der Waals surface area contributed by atoms with Crippen LogP contribution >= 0.6 is 11.3 Å². The minimum absolute atomic E-state index is 0.573. The van der Waals surface area contributed by atoms with E-state index in [1.807, 2.05) is 13.1 Å². The van der Waals surface area contributed by atoms with E-state index in [0.717, 1.165) is 43.7 Å². The molecule has 1 fully saturated rings. The van der Waals surface area contributed by atoms with Gasteiger partial charge in [0.25, 0.3) is 0 Å². The fraction of sp³-hybridized carbons (Fsp3) is 0.389. The molecule has 1 aliphatic heterocycles. The molecule has 0 unspecified atom stereocenters. The SMILES string of the molecule is Cc1nccnc1OCC1CCN(c2ccnc3ccsc23)CC1. The van der Waals surface area contributed by atoms with E-state index < -0.39 is 0 Å². The molecule has 124 valence electrons. The normalized spacial score (nSPS) is 15.8. The molecule has 6 heteroatoms. The molecule has 0 atom stereocenters. The number of anilines is 1. The first kappa shape index (κ1) is 15.3. The molecule has 4 heterocycles. The zero-order valence-corrected chi connectivity index (χ0v) is 14.5. The second-order valence-electron chi connectivity index (χ2n) is 6.15. The molecular weight excluding hydrogens is 320 g/mol. The van der Waals surface area contributed by atoms with Crippen LogP contribution in [-0.2, 0) is 0 Å². The molecule has 0 spiro atoms. The van der Waals surface area contributed by atoms with Gasteiger partial charge in [0.15, 0.2) is 0 Å². The molecule has 4 rings (SSSR count). The van der Waals surface area contributed by atoms with Crippen LogP contribution in [0.15, 0.2) is 36.1 Å². The molecule has 0 aliphatic carbocycles. The summed E-state index contributed by atoms with van der Waals surface area (Å²) in [4.78, 5) is 15.4. The maximum Gasteiger partial charge on any atom is 0.235 e. The predicted octanol–water partition coefficient (Wildman–Crippen LogP) is 3.69. The standard InChI is InChI=1S/C18H20N4OS/c1-13-18(21-8-7-19-13)23-12-14-3-9-22(10-4-14)16-2-6-20-15-5-11-24-17(15)16/h2,5-8,11,14H,3-4,9-10,12H2,1H3. The monoisotopic (exact) mass is 340 g/mol. The van der Waals surface area contributed by atoms with E-state index in [0.29, 0.717) is 11.8 Å². The summed E-state index contributed by atoms with van der Waals surface area (Å²) in [6, 6.07) is 4.23. The van der Waals surface area contributed by atoms with E-state index in [1.165, 1.54) is 10.4 Å². The number of aromatic nitrogens is 3. The first-order chi connectivity index (χ1) is 11.8. The zero-order valence-electron chi connectivity index (χ0n) is 13.7. The van der Waals surface area contributed by atoms with E-state index in [2.05, 4.69) is 37.4 Å². The lowest BCUT2D eigenvalue weighted by Gasteiger charge is -2.33. The Morgan fingerprint density at radius 3 is 2.79 bits per heavy atom. The smallest absolute Gasteiger partial charge is 0.235 e. The number of rotatable bonds is 4. The van der Waals surface area contributed by atoms with Crippen LogP contribution < -0.4 is 9.64 Å². The van der Waals surface area contributed by atoms with Gasteiger partial charge in [0, 0.05) is 31.7 Å². The minimum atomic E-state index is 0.573. The van der Waals surface area contributed by atoms with Crippen LogP contribution in [0.25, 0.3) is 10.2 Å². The number of hydrogen-bond acceptors (Lipinski definition) is 6. The van der Waals surface area contributed by atoms with Crippen LogP contribution in [0.3, 0.4) is 0 Å². The lowest BCUT2D eigenvalue weighted by Crippen LogP contribution is -2.35. The van der Waals surface area contributed by atoms with E-state index in [4.69, 9.17) is 4.74 Å². The largest absolute Gasteiger partial charge is 0.476 e. The van der Waals surface area contributed by atoms with E-state index in [1.54, 1.807) is 23.7 Å². The highest BCUT2D eigenvalue weighted by Gasteiger charge is 2.22. The van der Waals surface area contributed by atoms with Crippen LogP contribution in [0.2, 0.25) is 0 Å². The van der Waals surface area contributed by atoms with Crippen LogP contribution in [0, 0.1) is 12.8 Å². The Bertz CT molecular complexity index is 827. The van der Waals surface area contributed by atoms with E-state index >= 15 is 0 Å². The molecule has 5 nitrogen and oxygen atoms in total. The molecular formula is C18H20N4OS. The molecule has 0 saturated carbocycles. The summed E-state index contributed by atoms with van der Waals surface area (Å²) in [5.74, 6) is 1.23. The Hall–Kier alpha value is -2.21. The Balaban J connectivity index is 1.37. The lowest BCUT2D eigenvalue weighted by atomic mass is 9.97. The number of aryl methyl sites for hydroxylation is 1. The Morgan fingerprint density at radius 1 is 1.12 bits per heavy atom. The van der Waals surface area contributed by atoms with Crippen molar-refractivity contribution in [1.82, 2.24) is 15.0 Å². The van der Waals surface area contributed by atoms with E-state index in [-0.39, 0.29) is 0 Å². The number of thiophene rings is 1. The summed E-state index contributed by atoms with van der Waals surface area (Å²) in [6.45, 7) is 4.77. The average molecular weight is 340 g/mol. The molecule has 0 bridgehead atoms. The van der Waals surface area contributed by atoms with Crippen LogP contribution in [-0.4, -0.2) is 34.6 Å². The molecule has 3 aromatic heterocycles. The third-order valence-electron chi connectivity index (χ3n) is 4.57. The van der Waals surface area contributed by atoms with Crippen LogP contribution in [0.4, 0.5) is 5.69 Å². The minimum Gasteiger partial charge on any atom is -0.476 e. The summed E-state index contributed by atoms with van der Waals surface area (Å²) < 4.78 is 7.17. The van der Waals surface area contributed by atoms with E-state index in [9.17, 15) is 0 Å². The van der Waals surface area contributed by atoms with Crippen molar-refractivity contribution >= 4 is 27.2 Å². The fourth-order valence-corrected chi connectivity index (χ4v) is 4.07. The van der Waals surface area contributed by atoms with Gasteiger partial charge >= 0.3 is 0 Å². The maximum atomic E-state index is 5.87. The van der Waals surface area contributed by atoms with Gasteiger partial charge in [-0.1, -0.05) is 0 Å². The Kier molecular flexibility index (Phi) is 4.30. The predicted molar refractivity (Wildman–Crippen MR) is 96.8 cm³/mol. The van der Waals surface area contributed by atoms with Crippen molar-refractivity contribution in [2.45, 2.75) is 19.8 Å². The lowest BCUT2D eigenvalue weighted by molar-refractivity contribution is 0.214. The van der Waals surface area contributed by atoms with Gasteiger partial charge in [-0.15, -0.1) is 11.3 Å². The number of fused-ring (bicyclic) bond motifs is 1. The van der Waals surface area contributed by atoms with Gasteiger partial charge < -0.3 is 9.64 Å². The van der Waals surface area contributed by atoms with Crippen LogP contribution in [0.5, 0.6) is 5.88 Å². The van der Waals surface area contributed by atoms with Crippen LogP contribution in [0.1, 0.15) is 18.5 Å². The highest BCUT2D eigenvalue weighted by molar-refractivity contribution is 7.17. The van der Waals surface area contributed by atoms with Gasteiger partial charge in [-0.25, -0.2) is 4.98 Å². The number of piperidine rings is 1. The molecule has 0 radical (unpaired) electrons. The zero-order chi connectivity index (χ0) is 16.4. The van der Waals surface area contributed by atoms with Gasteiger partial charge in [0.2, 0.25) is 5.88 Å². The number of pyridine rings is 1. The van der Waals surface area contributed by atoms with Gasteiger partial charge in [-0.3, -0.25) is 9.97 Å². The third-order valence-corrected chi connectivity index (χ3v) is 5.50. The molecule has 0 N–H and O–H groups in total. The summed E-state index contributed by atoms with van der Waals surface area (Å²) in [6.07, 6.45) is 7.56. The highest BCUT2D eigenvalue weighted by Crippen LogP contribution is 2.32. The summed E-state index contributed by atoms with van der Waals surface area (Å²) in [5, 5.41) is 2.12. The molecule has 0 aromatic carbocycles. The third kappa shape index (κ3) is 3.06. The van der Waals surface area contributed by atoms with Gasteiger partial charge in [-0.05, 0) is 43.2 Å². The van der Waals surface area contributed by atoms with Crippen molar-refractivity contribution < 1.29 is 4.74 Å². The first-order valence-corrected chi connectivity index (χ1v) is 9.17. The van der Waals surface area contributed by atoms with Gasteiger partial charge in [0.05, 0.1) is 28.2 Å². The van der Waals surface area contributed by atoms with Crippen molar-refractivity contribution in [3.05, 3.63) is 41.8 Å². The second kappa shape index (κ2) is 6.73. The molecule has 1 aliphatic rings. The second-order valence-corrected chi connectivity index (χ2v) is 7.07. The molecule has 1 saturated heterocycles. The number of nitrogens with zero attached hydrogens (tertiary/aromatic N) is 4. The van der Waals surface area contributed by atoms with Crippen molar-refractivity contribution in [1.29, 1.82) is 0 Å². The van der Waals surface area contributed by atoms with Gasteiger partial charge in [0.1, 0.15) is 0 Å². The summed E-state index contributed by atoms with van der Waals surface area (Å²) >= 11 is 1.77. The van der Waals surface area contributed by atoms with Crippen molar-refractivity contribution in [3.8, 4) is 5.88 Å². The Morgan fingerprint density at radius 2 is 1.96 bits per heavy atom. The topological polar surface area (TPSA) is 51.1 Å². The van der Waals surface area contributed by atoms with Crippen molar-refractivity contribution in [2.75, 3.05) is 24.6 Å². The first-order valence-electron chi connectivity index (χ1n) is 8.29. The highest BCUT2D eigenvalue weighted by atomic mass is 32.1. The molecule has 3 aromatic rings. The quantitative estimate of drug-likeness (QED) is 0.725. The summed E-state index contributed by atoms with van der Waals surface area (Å²) in [7, 11) is 0. The molecule has 24 heavy (non-hydrogen) atoms.